The summed E-state index contributed by atoms with van der Waals surface area (Å²) >= 11 is 0. The van der Waals surface area contributed by atoms with Gasteiger partial charge in [-0.05, 0) is 13.8 Å². The first kappa shape index (κ1) is 16.6. The molecular weight excluding hydrogens is 343 g/mol. The number of hydrogen-bond acceptors (Lipinski definition) is 6. The van der Waals surface area contributed by atoms with Gasteiger partial charge in [-0.15, -0.1) is 10.2 Å². The molecule has 132 valence electrons. The summed E-state index contributed by atoms with van der Waals surface area (Å²) in [7, 11) is 1.71. The SMILES string of the molecule is Cc1c(NC(=O)c2nc(C)n(-c3n[nH]c(C(F)(F)F)n3)n2)cnn1C. The van der Waals surface area contributed by atoms with Crippen LogP contribution < -0.4 is 5.32 Å². The number of aromatic amines is 1. The molecule has 13 heteroatoms. The van der Waals surface area contributed by atoms with Gasteiger partial charge in [0.15, 0.2) is 0 Å². The Bertz CT molecular complexity index is 936. The summed E-state index contributed by atoms with van der Waals surface area (Å²) in [5.41, 5.74) is 1.19. The summed E-state index contributed by atoms with van der Waals surface area (Å²) < 4.78 is 40.3. The smallest absolute Gasteiger partial charge is 0.316 e. The van der Waals surface area contributed by atoms with E-state index in [1.54, 1.807) is 23.8 Å². The second kappa shape index (κ2) is 5.68. The molecule has 0 saturated carbocycles. The molecule has 3 aromatic heterocycles. The highest BCUT2D eigenvalue weighted by Crippen LogP contribution is 2.26. The molecule has 0 spiro atoms. The van der Waals surface area contributed by atoms with Gasteiger partial charge in [0.05, 0.1) is 17.6 Å². The molecule has 0 radical (unpaired) electrons. The van der Waals surface area contributed by atoms with Crippen molar-refractivity contribution in [3.63, 3.8) is 0 Å². The van der Waals surface area contributed by atoms with Crippen molar-refractivity contribution in [2.75, 3.05) is 5.32 Å². The number of carbonyl (C=O) groups is 1. The van der Waals surface area contributed by atoms with Crippen molar-refractivity contribution >= 4 is 11.6 Å². The van der Waals surface area contributed by atoms with Crippen LogP contribution in [0.4, 0.5) is 18.9 Å². The Balaban J connectivity index is 1.86. The monoisotopic (exact) mass is 355 g/mol. The summed E-state index contributed by atoms with van der Waals surface area (Å²) in [6.45, 7) is 3.22. The standard InChI is InChI=1S/C12H12F3N9O/c1-5-7(4-16-23(5)3)18-9(25)8-17-6(2)24(22-8)11-19-10(20-21-11)12(13,14)15/h4H,1-3H3,(H,18,25)(H,19,20,21). The number of rotatable bonds is 3. The predicted octanol–water partition coefficient (Wildman–Crippen LogP) is 1.01. The van der Waals surface area contributed by atoms with Gasteiger partial charge in [0.1, 0.15) is 5.82 Å². The summed E-state index contributed by atoms with van der Waals surface area (Å²) in [6, 6.07) is 0. The van der Waals surface area contributed by atoms with Gasteiger partial charge in [0.25, 0.3) is 11.9 Å². The number of amides is 1. The first-order valence-corrected chi connectivity index (χ1v) is 6.90. The Kier molecular flexibility index (Phi) is 3.77. The highest BCUT2D eigenvalue weighted by molar-refractivity contribution is 6.01. The number of aromatic nitrogens is 8. The molecule has 3 aromatic rings. The van der Waals surface area contributed by atoms with Crippen molar-refractivity contribution in [3.8, 4) is 5.95 Å². The number of H-pyrrole nitrogens is 1. The molecule has 25 heavy (non-hydrogen) atoms. The van der Waals surface area contributed by atoms with Gasteiger partial charge in [-0.25, -0.2) is 4.98 Å². The quantitative estimate of drug-likeness (QED) is 0.724. The lowest BCUT2D eigenvalue weighted by atomic mass is 10.4. The number of carbonyl (C=O) groups excluding carboxylic acids is 1. The van der Waals surface area contributed by atoms with E-state index in [4.69, 9.17) is 0 Å². The van der Waals surface area contributed by atoms with Crippen molar-refractivity contribution < 1.29 is 18.0 Å². The van der Waals surface area contributed by atoms with Gasteiger partial charge in [-0.1, -0.05) is 0 Å². The summed E-state index contributed by atoms with van der Waals surface area (Å²) in [5.74, 6) is -2.35. The van der Waals surface area contributed by atoms with Crippen LogP contribution in [0.15, 0.2) is 6.20 Å². The minimum atomic E-state index is -4.67. The van der Waals surface area contributed by atoms with Crippen LogP contribution in [0.25, 0.3) is 5.95 Å². The molecule has 1 amide bonds. The third kappa shape index (κ3) is 3.07. The normalized spacial score (nSPS) is 11.8. The lowest BCUT2D eigenvalue weighted by molar-refractivity contribution is -0.144. The number of hydrogen-bond donors (Lipinski definition) is 2. The van der Waals surface area contributed by atoms with Crippen LogP contribution >= 0.6 is 0 Å². The third-order valence-corrected chi connectivity index (χ3v) is 3.39. The zero-order valence-electron chi connectivity index (χ0n) is 13.2. The van der Waals surface area contributed by atoms with Gasteiger partial charge >= 0.3 is 6.18 Å². The van der Waals surface area contributed by atoms with Crippen LogP contribution in [-0.2, 0) is 13.2 Å². The summed E-state index contributed by atoms with van der Waals surface area (Å²) in [5, 5.41) is 15.6. The second-order valence-electron chi connectivity index (χ2n) is 5.10. The Morgan fingerprint density at radius 3 is 2.56 bits per heavy atom. The molecule has 0 unspecified atom stereocenters. The Hall–Kier alpha value is -3.25. The highest BCUT2D eigenvalue weighted by Gasteiger charge is 2.35. The first-order valence-electron chi connectivity index (χ1n) is 6.90. The van der Waals surface area contributed by atoms with E-state index in [1.165, 1.54) is 13.1 Å². The summed E-state index contributed by atoms with van der Waals surface area (Å²) in [6.07, 6.45) is -3.21. The van der Waals surface area contributed by atoms with Gasteiger partial charge < -0.3 is 5.32 Å². The fourth-order valence-electron chi connectivity index (χ4n) is 1.95. The fraction of sp³-hybridized carbons (Fsp3) is 0.333. The van der Waals surface area contributed by atoms with E-state index in [1.807, 2.05) is 0 Å². The molecule has 0 aliphatic heterocycles. The Morgan fingerprint density at radius 1 is 1.28 bits per heavy atom. The number of alkyl halides is 3. The maximum absolute atomic E-state index is 12.6. The molecule has 0 aromatic carbocycles. The molecule has 3 rings (SSSR count). The van der Waals surface area contributed by atoms with Crippen molar-refractivity contribution in [1.82, 2.24) is 39.7 Å². The van der Waals surface area contributed by atoms with Crippen LogP contribution in [0.2, 0.25) is 0 Å². The number of anilines is 1. The highest BCUT2D eigenvalue weighted by atomic mass is 19.4. The summed E-state index contributed by atoms with van der Waals surface area (Å²) in [4.78, 5) is 19.5. The minimum absolute atomic E-state index is 0.154. The van der Waals surface area contributed by atoms with Crippen molar-refractivity contribution in [3.05, 3.63) is 29.4 Å². The van der Waals surface area contributed by atoms with Crippen LogP contribution in [-0.4, -0.2) is 45.6 Å². The lowest BCUT2D eigenvalue weighted by Crippen LogP contribution is -2.15. The molecule has 2 N–H and O–H groups in total. The molecular formula is C12H12F3N9O. The predicted molar refractivity (Wildman–Crippen MR) is 76.9 cm³/mol. The average molecular weight is 355 g/mol. The van der Waals surface area contributed by atoms with Crippen molar-refractivity contribution in [2.24, 2.45) is 7.05 Å². The van der Waals surface area contributed by atoms with E-state index >= 15 is 0 Å². The number of nitrogens with one attached hydrogen (secondary N) is 2. The Morgan fingerprint density at radius 2 is 2.00 bits per heavy atom. The van der Waals surface area contributed by atoms with Crippen molar-refractivity contribution in [2.45, 2.75) is 20.0 Å². The Labute approximate surface area is 138 Å². The fourth-order valence-corrected chi connectivity index (χ4v) is 1.95. The van der Waals surface area contributed by atoms with Gasteiger partial charge in [-0.2, -0.15) is 27.9 Å². The van der Waals surface area contributed by atoms with E-state index in [9.17, 15) is 18.0 Å². The number of halogens is 3. The zero-order chi connectivity index (χ0) is 18.4. The molecule has 0 saturated heterocycles. The second-order valence-corrected chi connectivity index (χ2v) is 5.10. The first-order chi connectivity index (χ1) is 11.7. The van der Waals surface area contributed by atoms with E-state index < -0.39 is 17.9 Å². The van der Waals surface area contributed by atoms with Gasteiger partial charge in [-0.3, -0.25) is 14.6 Å². The third-order valence-electron chi connectivity index (χ3n) is 3.39. The van der Waals surface area contributed by atoms with E-state index in [0.29, 0.717) is 11.4 Å². The maximum atomic E-state index is 12.6. The van der Waals surface area contributed by atoms with Gasteiger partial charge in [0, 0.05) is 7.05 Å². The maximum Gasteiger partial charge on any atom is 0.451 e. The van der Waals surface area contributed by atoms with Crippen molar-refractivity contribution in [1.29, 1.82) is 0 Å². The topological polar surface area (TPSA) is 119 Å². The zero-order valence-corrected chi connectivity index (χ0v) is 13.2. The van der Waals surface area contributed by atoms with Gasteiger partial charge in [0.2, 0.25) is 11.6 Å². The van der Waals surface area contributed by atoms with Crippen LogP contribution in [0.1, 0.15) is 28.0 Å². The van der Waals surface area contributed by atoms with E-state index in [2.05, 4.69) is 30.6 Å². The lowest BCUT2D eigenvalue weighted by Gasteiger charge is -2.01. The molecule has 0 aliphatic rings. The molecule has 0 fully saturated rings. The number of nitrogens with zero attached hydrogens (tertiary/aromatic N) is 7. The molecule has 0 aliphatic carbocycles. The van der Waals surface area contributed by atoms with Crippen LogP contribution in [0.5, 0.6) is 0 Å². The molecule has 0 bridgehead atoms. The van der Waals surface area contributed by atoms with E-state index in [0.717, 1.165) is 4.68 Å². The van der Waals surface area contributed by atoms with E-state index in [-0.39, 0.29) is 17.6 Å². The van der Waals surface area contributed by atoms with Crippen LogP contribution in [0.3, 0.4) is 0 Å². The van der Waals surface area contributed by atoms with Crippen LogP contribution in [0, 0.1) is 13.8 Å². The average Bonchev–Trinajstić information content (AvgIpc) is 3.22. The molecule has 3 heterocycles. The minimum Gasteiger partial charge on any atom is -0.316 e. The molecule has 0 atom stereocenters. The largest absolute Gasteiger partial charge is 0.451 e. The molecule has 10 nitrogen and oxygen atoms in total. The number of aryl methyl sites for hydroxylation is 2.